The van der Waals surface area contributed by atoms with E-state index >= 15 is 0 Å². The maximum atomic E-state index is 14.4. The van der Waals surface area contributed by atoms with Crippen LogP contribution < -0.4 is 0 Å². The minimum atomic E-state index is -0.570. The molecule has 0 saturated heterocycles. The molecule has 0 spiro atoms. The maximum Gasteiger partial charge on any atom is 0.132 e. The van der Waals surface area contributed by atoms with E-state index in [1.807, 2.05) is 12.1 Å². The van der Waals surface area contributed by atoms with Gasteiger partial charge in [-0.1, -0.05) is 62.9 Å². The van der Waals surface area contributed by atoms with Crippen molar-refractivity contribution in [3.8, 4) is 11.1 Å². The number of benzene rings is 2. The highest BCUT2D eigenvalue weighted by Crippen LogP contribution is 2.38. The third kappa shape index (κ3) is 6.01. The third-order valence-electron chi connectivity index (χ3n) is 6.40. The summed E-state index contributed by atoms with van der Waals surface area (Å²) in [6, 6.07) is 11.0. The summed E-state index contributed by atoms with van der Waals surface area (Å²) in [7, 11) is 0. The lowest BCUT2D eigenvalue weighted by atomic mass is 9.77. The van der Waals surface area contributed by atoms with E-state index in [0.717, 1.165) is 11.5 Å². The molecular weight excluding hydrogens is 378 g/mol. The SMILES string of the molecule is C=CCOCc1c(F)cc(-c2ccc(C3CCC(CCCCC)CC3)cc2)cc1F. The Morgan fingerprint density at radius 1 is 0.967 bits per heavy atom. The van der Waals surface area contributed by atoms with Crippen molar-refractivity contribution in [1.82, 2.24) is 0 Å². The van der Waals surface area contributed by atoms with Crippen LogP contribution in [0.4, 0.5) is 8.78 Å². The molecule has 0 amide bonds. The third-order valence-corrected chi connectivity index (χ3v) is 6.40. The number of halogens is 2. The van der Waals surface area contributed by atoms with E-state index in [4.69, 9.17) is 4.74 Å². The summed E-state index contributed by atoms with van der Waals surface area (Å²) < 4.78 is 34.0. The van der Waals surface area contributed by atoms with Gasteiger partial charge in [0, 0.05) is 5.56 Å². The fourth-order valence-corrected chi connectivity index (χ4v) is 4.57. The van der Waals surface area contributed by atoms with E-state index in [1.54, 1.807) is 6.08 Å². The fraction of sp³-hybridized carbons (Fsp3) is 0.481. The van der Waals surface area contributed by atoms with Crippen LogP contribution in [0.2, 0.25) is 0 Å². The first-order valence-corrected chi connectivity index (χ1v) is 11.4. The first-order chi connectivity index (χ1) is 14.6. The zero-order valence-electron chi connectivity index (χ0n) is 18.1. The summed E-state index contributed by atoms with van der Waals surface area (Å²) in [5.41, 5.74) is 2.71. The van der Waals surface area contributed by atoms with E-state index in [9.17, 15) is 8.78 Å². The summed E-state index contributed by atoms with van der Waals surface area (Å²) >= 11 is 0. The number of hydrogen-bond acceptors (Lipinski definition) is 1. The van der Waals surface area contributed by atoms with E-state index in [-0.39, 0.29) is 18.8 Å². The molecule has 1 aliphatic rings. The van der Waals surface area contributed by atoms with Gasteiger partial charge >= 0.3 is 0 Å². The maximum absolute atomic E-state index is 14.4. The van der Waals surface area contributed by atoms with Gasteiger partial charge in [-0.15, -0.1) is 6.58 Å². The van der Waals surface area contributed by atoms with Crippen molar-refractivity contribution in [2.45, 2.75) is 70.8 Å². The molecule has 1 aliphatic carbocycles. The molecule has 1 fully saturated rings. The standard InChI is InChI=1S/C27H34F2O/c1-3-5-6-7-20-8-10-21(11-9-20)22-12-14-23(15-13-22)24-17-26(28)25(27(29)18-24)19-30-16-4-2/h4,12-15,17-18,20-21H,2-3,5-11,16,19H2,1H3. The normalized spacial score (nSPS) is 19.0. The molecule has 0 atom stereocenters. The molecule has 2 aromatic carbocycles. The Hall–Kier alpha value is -2.00. The van der Waals surface area contributed by atoms with Crippen molar-refractivity contribution in [2.75, 3.05) is 6.61 Å². The Morgan fingerprint density at radius 3 is 2.23 bits per heavy atom. The molecule has 0 aliphatic heterocycles. The Labute approximate surface area is 180 Å². The number of hydrogen-bond donors (Lipinski definition) is 0. The second kappa shape index (κ2) is 11.4. The summed E-state index contributed by atoms with van der Waals surface area (Å²) in [6.07, 6.45) is 12.1. The molecule has 0 N–H and O–H groups in total. The Bertz CT molecular complexity index is 781. The summed E-state index contributed by atoms with van der Waals surface area (Å²) in [5.74, 6) is 0.366. The smallest absolute Gasteiger partial charge is 0.132 e. The first-order valence-electron chi connectivity index (χ1n) is 11.4. The topological polar surface area (TPSA) is 9.23 Å². The average molecular weight is 413 g/mol. The summed E-state index contributed by atoms with van der Waals surface area (Å²) in [4.78, 5) is 0. The van der Waals surface area contributed by atoms with Crippen molar-refractivity contribution in [3.05, 3.63) is 71.8 Å². The van der Waals surface area contributed by atoms with Gasteiger partial charge in [0.05, 0.1) is 13.2 Å². The van der Waals surface area contributed by atoms with Crippen LogP contribution in [0.1, 0.15) is 75.3 Å². The molecule has 3 heteroatoms. The highest BCUT2D eigenvalue weighted by atomic mass is 19.1. The first kappa shape index (κ1) is 22.7. The van der Waals surface area contributed by atoms with Gasteiger partial charge in [-0.25, -0.2) is 8.78 Å². The molecule has 0 radical (unpaired) electrons. The lowest BCUT2D eigenvalue weighted by Crippen LogP contribution is -2.13. The van der Waals surface area contributed by atoms with Crippen LogP contribution in [0.15, 0.2) is 49.1 Å². The summed E-state index contributed by atoms with van der Waals surface area (Å²) in [5, 5.41) is 0. The van der Waals surface area contributed by atoms with E-state index < -0.39 is 11.6 Å². The zero-order valence-corrected chi connectivity index (χ0v) is 18.1. The predicted octanol–water partition coefficient (Wildman–Crippen LogP) is 8.19. The highest BCUT2D eigenvalue weighted by Gasteiger charge is 2.22. The molecule has 1 saturated carbocycles. The monoisotopic (exact) mass is 412 g/mol. The molecular formula is C27H34F2O. The minimum absolute atomic E-state index is 0.0343. The van der Waals surface area contributed by atoms with Gasteiger partial charge < -0.3 is 4.74 Å². The van der Waals surface area contributed by atoms with Crippen LogP contribution >= 0.6 is 0 Å². The lowest BCUT2D eigenvalue weighted by Gasteiger charge is -2.29. The van der Waals surface area contributed by atoms with Crippen LogP contribution in [0, 0.1) is 17.6 Å². The van der Waals surface area contributed by atoms with E-state index in [1.165, 1.54) is 69.1 Å². The lowest BCUT2D eigenvalue weighted by molar-refractivity contribution is 0.143. The molecule has 162 valence electrons. The second-order valence-corrected chi connectivity index (χ2v) is 8.56. The fourth-order valence-electron chi connectivity index (χ4n) is 4.57. The van der Waals surface area contributed by atoms with Crippen molar-refractivity contribution >= 4 is 0 Å². The van der Waals surface area contributed by atoms with Gasteiger partial charge in [0.25, 0.3) is 0 Å². The molecule has 0 bridgehead atoms. The summed E-state index contributed by atoms with van der Waals surface area (Å²) in [6.45, 7) is 5.97. The van der Waals surface area contributed by atoms with Crippen molar-refractivity contribution < 1.29 is 13.5 Å². The molecule has 30 heavy (non-hydrogen) atoms. The number of ether oxygens (including phenoxy) is 1. The Balaban J connectivity index is 1.61. The van der Waals surface area contributed by atoms with Gasteiger partial charge in [-0.3, -0.25) is 0 Å². The van der Waals surface area contributed by atoms with Gasteiger partial charge in [-0.05, 0) is 66.3 Å². The van der Waals surface area contributed by atoms with Gasteiger partial charge in [0.1, 0.15) is 11.6 Å². The minimum Gasteiger partial charge on any atom is -0.373 e. The average Bonchev–Trinajstić information content (AvgIpc) is 2.76. The molecule has 1 nitrogen and oxygen atoms in total. The van der Waals surface area contributed by atoms with Gasteiger partial charge in [0.2, 0.25) is 0 Å². The van der Waals surface area contributed by atoms with Crippen LogP contribution in [-0.4, -0.2) is 6.61 Å². The molecule has 0 aromatic heterocycles. The number of unbranched alkanes of at least 4 members (excludes halogenated alkanes) is 2. The quantitative estimate of drug-likeness (QED) is 0.282. The zero-order chi connectivity index (χ0) is 21.3. The number of rotatable bonds is 10. The van der Waals surface area contributed by atoms with E-state index in [2.05, 4.69) is 25.6 Å². The highest BCUT2D eigenvalue weighted by molar-refractivity contribution is 5.64. The molecule has 3 rings (SSSR count). The van der Waals surface area contributed by atoms with Crippen molar-refractivity contribution in [3.63, 3.8) is 0 Å². The van der Waals surface area contributed by atoms with Gasteiger partial charge in [-0.2, -0.15) is 0 Å². The predicted molar refractivity (Wildman–Crippen MR) is 120 cm³/mol. The van der Waals surface area contributed by atoms with Crippen LogP contribution in [0.3, 0.4) is 0 Å². The van der Waals surface area contributed by atoms with Crippen LogP contribution in [-0.2, 0) is 11.3 Å². The molecule has 0 heterocycles. The largest absolute Gasteiger partial charge is 0.373 e. The van der Waals surface area contributed by atoms with Crippen LogP contribution in [0.25, 0.3) is 11.1 Å². The van der Waals surface area contributed by atoms with Crippen LogP contribution in [0.5, 0.6) is 0 Å². The Morgan fingerprint density at radius 2 is 1.63 bits per heavy atom. The molecule has 0 unspecified atom stereocenters. The second-order valence-electron chi connectivity index (χ2n) is 8.56. The van der Waals surface area contributed by atoms with Crippen molar-refractivity contribution in [2.24, 2.45) is 5.92 Å². The van der Waals surface area contributed by atoms with E-state index in [0.29, 0.717) is 11.5 Å². The Kier molecular flexibility index (Phi) is 8.62. The van der Waals surface area contributed by atoms with Crippen molar-refractivity contribution in [1.29, 1.82) is 0 Å². The molecule has 2 aromatic rings. The van der Waals surface area contributed by atoms with Gasteiger partial charge in [0.15, 0.2) is 0 Å².